The second-order valence-electron chi connectivity index (χ2n) is 6.41. The van der Waals surface area contributed by atoms with Crippen LogP contribution in [0.15, 0.2) is 10.6 Å². The van der Waals surface area contributed by atoms with Gasteiger partial charge in [-0.3, -0.25) is 4.79 Å². The molecule has 3 aliphatic rings. The number of aromatic nitrogens is 1. The number of rotatable bonds is 3. The number of ether oxygens (including phenoxy) is 1. The molecule has 7 heteroatoms. The van der Waals surface area contributed by atoms with E-state index < -0.39 is 5.60 Å². The van der Waals surface area contributed by atoms with E-state index in [0.717, 1.165) is 38.8 Å². The monoisotopic (exact) mass is 307 g/mol. The van der Waals surface area contributed by atoms with Gasteiger partial charge < -0.3 is 24.2 Å². The molecule has 1 aliphatic carbocycles. The molecule has 2 saturated heterocycles. The summed E-state index contributed by atoms with van der Waals surface area (Å²) in [5, 5.41) is 14.4. The lowest BCUT2D eigenvalue weighted by Crippen LogP contribution is -2.44. The third kappa shape index (κ3) is 2.38. The number of anilines is 1. The highest BCUT2D eigenvalue weighted by Crippen LogP contribution is 2.45. The fraction of sp³-hybridized carbons (Fsp3) is 0.733. The lowest BCUT2D eigenvalue weighted by atomic mass is 10.1. The molecule has 4 rings (SSSR count). The van der Waals surface area contributed by atoms with Gasteiger partial charge in [-0.15, -0.1) is 0 Å². The number of nitrogens with zero attached hydrogens (tertiary/aromatic N) is 3. The van der Waals surface area contributed by atoms with Crippen molar-refractivity contribution in [3.63, 3.8) is 0 Å². The average molecular weight is 307 g/mol. The molecular weight excluding hydrogens is 286 g/mol. The van der Waals surface area contributed by atoms with Crippen molar-refractivity contribution in [2.45, 2.75) is 37.3 Å². The Morgan fingerprint density at radius 3 is 2.82 bits per heavy atom. The van der Waals surface area contributed by atoms with Gasteiger partial charge in [-0.25, -0.2) is 0 Å². The summed E-state index contributed by atoms with van der Waals surface area (Å²) in [4.78, 5) is 16.5. The van der Waals surface area contributed by atoms with Crippen molar-refractivity contribution in [3.05, 3.63) is 11.8 Å². The number of morpholine rings is 1. The highest BCUT2D eigenvalue weighted by Gasteiger charge is 2.53. The van der Waals surface area contributed by atoms with Crippen LogP contribution in [0.5, 0.6) is 0 Å². The Morgan fingerprint density at radius 2 is 2.09 bits per heavy atom. The van der Waals surface area contributed by atoms with E-state index in [2.05, 4.69) is 10.1 Å². The van der Waals surface area contributed by atoms with Crippen molar-refractivity contribution >= 4 is 11.7 Å². The second kappa shape index (κ2) is 5.24. The van der Waals surface area contributed by atoms with Gasteiger partial charge in [0.25, 0.3) is 5.91 Å². The predicted octanol–water partition coefficient (Wildman–Crippen LogP) is 0.641. The number of carbonyl (C=O) groups is 1. The van der Waals surface area contributed by atoms with Crippen LogP contribution in [-0.4, -0.2) is 65.6 Å². The first-order chi connectivity index (χ1) is 10.7. The first kappa shape index (κ1) is 14.0. The number of carbonyl (C=O) groups excluding carboxylic acids is 1. The highest BCUT2D eigenvalue weighted by atomic mass is 16.5. The molecule has 0 radical (unpaired) electrons. The number of aliphatic hydroxyl groups is 1. The molecule has 2 aliphatic heterocycles. The van der Waals surface area contributed by atoms with Crippen LogP contribution in [0.25, 0.3) is 0 Å². The molecule has 1 unspecified atom stereocenters. The molecule has 120 valence electrons. The fourth-order valence-electron chi connectivity index (χ4n) is 3.48. The minimum Gasteiger partial charge on any atom is -0.388 e. The van der Waals surface area contributed by atoms with Crippen LogP contribution in [0.4, 0.5) is 5.82 Å². The summed E-state index contributed by atoms with van der Waals surface area (Å²) in [5.41, 5.74) is -0.667. The molecule has 1 aromatic rings. The van der Waals surface area contributed by atoms with E-state index in [-0.39, 0.29) is 17.7 Å². The van der Waals surface area contributed by atoms with E-state index in [4.69, 9.17) is 9.26 Å². The molecule has 0 spiro atoms. The van der Waals surface area contributed by atoms with Crippen molar-refractivity contribution in [1.29, 1.82) is 0 Å². The number of hydrogen-bond donors (Lipinski definition) is 1. The minimum absolute atomic E-state index is 0.0723. The molecule has 1 saturated carbocycles. The highest BCUT2D eigenvalue weighted by molar-refractivity contribution is 5.92. The Morgan fingerprint density at radius 1 is 1.32 bits per heavy atom. The van der Waals surface area contributed by atoms with E-state index in [1.54, 1.807) is 11.0 Å². The van der Waals surface area contributed by atoms with Crippen molar-refractivity contribution < 1.29 is 19.2 Å². The summed E-state index contributed by atoms with van der Waals surface area (Å²) >= 11 is 0. The van der Waals surface area contributed by atoms with Gasteiger partial charge in [-0.1, -0.05) is 5.16 Å². The lowest BCUT2D eigenvalue weighted by molar-refractivity contribution is 0.0359. The van der Waals surface area contributed by atoms with Gasteiger partial charge in [0.1, 0.15) is 0 Å². The summed E-state index contributed by atoms with van der Waals surface area (Å²) in [6.45, 7) is 3.52. The van der Waals surface area contributed by atoms with Crippen LogP contribution in [0.3, 0.4) is 0 Å². The zero-order valence-electron chi connectivity index (χ0n) is 12.5. The first-order valence-corrected chi connectivity index (χ1v) is 8.00. The van der Waals surface area contributed by atoms with Crippen molar-refractivity contribution in [2.75, 3.05) is 37.7 Å². The Labute approximate surface area is 128 Å². The predicted molar refractivity (Wildman–Crippen MR) is 77.8 cm³/mol. The summed E-state index contributed by atoms with van der Waals surface area (Å²) in [5.74, 6) is 0.792. The largest absolute Gasteiger partial charge is 0.388 e. The Bertz CT molecular complexity index is 563. The van der Waals surface area contributed by atoms with Gasteiger partial charge in [0.15, 0.2) is 5.82 Å². The Kier molecular flexibility index (Phi) is 3.34. The van der Waals surface area contributed by atoms with Gasteiger partial charge in [0, 0.05) is 25.7 Å². The molecule has 1 atom stereocenters. The Balaban J connectivity index is 1.49. The molecule has 0 aromatic carbocycles. The van der Waals surface area contributed by atoms with Crippen LogP contribution < -0.4 is 4.90 Å². The molecule has 3 heterocycles. The van der Waals surface area contributed by atoms with Crippen LogP contribution in [0.2, 0.25) is 0 Å². The third-order valence-corrected chi connectivity index (χ3v) is 4.94. The van der Waals surface area contributed by atoms with Crippen molar-refractivity contribution in [1.82, 2.24) is 10.1 Å². The quantitative estimate of drug-likeness (QED) is 0.883. The molecule has 7 nitrogen and oxygen atoms in total. The lowest BCUT2D eigenvalue weighted by Gasteiger charge is -2.27. The first-order valence-electron chi connectivity index (χ1n) is 8.00. The fourth-order valence-corrected chi connectivity index (χ4v) is 3.48. The molecule has 0 bridgehead atoms. The maximum absolute atomic E-state index is 12.7. The van der Waals surface area contributed by atoms with Crippen LogP contribution in [0.1, 0.15) is 36.2 Å². The zero-order valence-corrected chi connectivity index (χ0v) is 12.5. The van der Waals surface area contributed by atoms with Gasteiger partial charge in [-0.2, -0.15) is 0 Å². The maximum atomic E-state index is 12.7. The van der Waals surface area contributed by atoms with E-state index in [1.165, 1.54) is 0 Å². The molecule has 1 N–H and O–H groups in total. The molecular formula is C15H21N3O4. The van der Waals surface area contributed by atoms with Gasteiger partial charge in [0.05, 0.1) is 24.9 Å². The zero-order chi connectivity index (χ0) is 15.2. The van der Waals surface area contributed by atoms with Gasteiger partial charge >= 0.3 is 0 Å². The van der Waals surface area contributed by atoms with Crippen molar-refractivity contribution in [2.24, 2.45) is 0 Å². The van der Waals surface area contributed by atoms with Gasteiger partial charge in [-0.05, 0) is 25.7 Å². The van der Waals surface area contributed by atoms with Crippen LogP contribution >= 0.6 is 0 Å². The van der Waals surface area contributed by atoms with Gasteiger partial charge in [0.2, 0.25) is 5.76 Å². The van der Waals surface area contributed by atoms with E-state index in [9.17, 15) is 9.90 Å². The SMILES string of the molecule is O=C(c1cc(N2CCOCC2)no1)N1CCCC1C1(O)CC1. The maximum Gasteiger partial charge on any atom is 0.292 e. The molecule has 1 aromatic heterocycles. The average Bonchev–Trinajstić information content (AvgIpc) is 3.03. The third-order valence-electron chi connectivity index (χ3n) is 4.94. The van der Waals surface area contributed by atoms with Crippen LogP contribution in [0, 0.1) is 0 Å². The number of amides is 1. The summed E-state index contributed by atoms with van der Waals surface area (Å²) < 4.78 is 10.6. The molecule has 1 amide bonds. The topological polar surface area (TPSA) is 79.0 Å². The minimum atomic E-state index is -0.667. The van der Waals surface area contributed by atoms with E-state index in [0.29, 0.717) is 25.6 Å². The Hall–Kier alpha value is -1.60. The normalized spacial score (nSPS) is 27.2. The summed E-state index contributed by atoms with van der Waals surface area (Å²) in [6.07, 6.45) is 3.38. The number of likely N-dealkylation sites (tertiary alicyclic amines) is 1. The summed E-state index contributed by atoms with van der Waals surface area (Å²) in [6, 6.07) is 1.64. The van der Waals surface area contributed by atoms with Crippen LogP contribution in [-0.2, 0) is 4.74 Å². The smallest absolute Gasteiger partial charge is 0.292 e. The van der Waals surface area contributed by atoms with E-state index >= 15 is 0 Å². The second-order valence-corrected chi connectivity index (χ2v) is 6.41. The number of hydrogen-bond acceptors (Lipinski definition) is 6. The molecule has 3 fully saturated rings. The van der Waals surface area contributed by atoms with E-state index in [1.807, 2.05) is 0 Å². The standard InChI is InChI=1S/C15H21N3O4/c19-14(18-5-1-2-12(18)15(20)3-4-15)11-10-13(16-22-11)17-6-8-21-9-7-17/h10,12,20H,1-9H2. The van der Waals surface area contributed by atoms with Crippen molar-refractivity contribution in [3.8, 4) is 0 Å². The molecule has 22 heavy (non-hydrogen) atoms. The summed E-state index contributed by atoms with van der Waals surface area (Å²) in [7, 11) is 0.